The highest BCUT2D eigenvalue weighted by atomic mass is 32.1. The molecule has 0 radical (unpaired) electrons. The molecule has 4 nitrogen and oxygen atoms in total. The van der Waals surface area contributed by atoms with Crippen molar-refractivity contribution >= 4 is 23.2 Å². The molecule has 2 aliphatic heterocycles. The molecule has 23 heavy (non-hydrogen) atoms. The maximum Gasteiger partial charge on any atom is 0.339 e. The van der Waals surface area contributed by atoms with Crippen molar-refractivity contribution in [3.8, 4) is 0 Å². The van der Waals surface area contributed by atoms with Crippen molar-refractivity contribution < 1.29 is 14.3 Å². The van der Waals surface area contributed by atoms with Gasteiger partial charge in [0.05, 0.1) is 11.6 Å². The third-order valence-electron chi connectivity index (χ3n) is 4.63. The quantitative estimate of drug-likeness (QED) is 0.796. The second-order valence-corrected chi connectivity index (χ2v) is 6.78. The summed E-state index contributed by atoms with van der Waals surface area (Å²) in [6.45, 7) is 0.731. The van der Waals surface area contributed by atoms with Crippen LogP contribution >= 0.6 is 11.3 Å². The SMILES string of the molecule is O=C1O[C@H](C(=O)N2CCC[C@@H]2c2ccsc2)Cc2ccccc21. The zero-order chi connectivity index (χ0) is 15.8. The minimum atomic E-state index is -0.698. The molecule has 0 N–H and O–H groups in total. The smallest absolute Gasteiger partial charge is 0.339 e. The standard InChI is InChI=1S/C18H17NO3S/c20-17(19-8-3-6-15(19)13-7-9-23-11-13)16-10-12-4-1-2-5-14(12)18(21)22-16/h1-2,4-5,7,9,11,15-16H,3,6,8,10H2/t15-,16+/m1/s1. The number of hydrogen-bond donors (Lipinski definition) is 0. The molecule has 0 spiro atoms. The van der Waals surface area contributed by atoms with Crippen LogP contribution in [-0.4, -0.2) is 29.4 Å². The molecule has 0 unspecified atom stereocenters. The van der Waals surface area contributed by atoms with Gasteiger partial charge in [-0.1, -0.05) is 18.2 Å². The van der Waals surface area contributed by atoms with Gasteiger partial charge in [-0.2, -0.15) is 11.3 Å². The van der Waals surface area contributed by atoms with Crippen LogP contribution < -0.4 is 0 Å². The Morgan fingerprint density at radius 1 is 1.26 bits per heavy atom. The van der Waals surface area contributed by atoms with E-state index in [0.29, 0.717) is 12.0 Å². The summed E-state index contributed by atoms with van der Waals surface area (Å²) in [6.07, 6.45) is 1.73. The minimum Gasteiger partial charge on any atom is -0.448 e. The summed E-state index contributed by atoms with van der Waals surface area (Å²) >= 11 is 1.64. The summed E-state index contributed by atoms with van der Waals surface area (Å²) in [5, 5.41) is 4.13. The fraction of sp³-hybridized carbons (Fsp3) is 0.333. The Bertz CT molecular complexity index is 740. The number of rotatable bonds is 2. The number of hydrogen-bond acceptors (Lipinski definition) is 4. The van der Waals surface area contributed by atoms with E-state index in [9.17, 15) is 9.59 Å². The van der Waals surface area contributed by atoms with E-state index in [4.69, 9.17) is 4.74 Å². The molecule has 4 rings (SSSR count). The molecular weight excluding hydrogens is 310 g/mol. The molecule has 0 aliphatic carbocycles. The van der Waals surface area contributed by atoms with E-state index >= 15 is 0 Å². The van der Waals surface area contributed by atoms with Gasteiger partial charge in [-0.25, -0.2) is 4.79 Å². The second kappa shape index (κ2) is 5.81. The Morgan fingerprint density at radius 2 is 2.13 bits per heavy atom. The maximum atomic E-state index is 12.9. The average Bonchev–Trinajstić information content (AvgIpc) is 3.25. The lowest BCUT2D eigenvalue weighted by Crippen LogP contribution is -2.44. The Labute approximate surface area is 138 Å². The van der Waals surface area contributed by atoms with Gasteiger partial charge in [-0.05, 0) is 46.9 Å². The summed E-state index contributed by atoms with van der Waals surface area (Å²) in [7, 11) is 0. The number of benzene rings is 1. The molecule has 118 valence electrons. The molecule has 1 aromatic carbocycles. The predicted molar refractivity (Wildman–Crippen MR) is 87.4 cm³/mol. The van der Waals surface area contributed by atoms with Crippen molar-refractivity contribution in [3.63, 3.8) is 0 Å². The molecule has 0 bridgehead atoms. The summed E-state index contributed by atoms with van der Waals surface area (Å²) in [5.74, 6) is -0.460. The zero-order valence-electron chi connectivity index (χ0n) is 12.6. The summed E-state index contributed by atoms with van der Waals surface area (Å²) in [4.78, 5) is 26.9. The normalized spacial score (nSPS) is 23.5. The van der Waals surface area contributed by atoms with E-state index < -0.39 is 12.1 Å². The van der Waals surface area contributed by atoms with Gasteiger partial charge in [-0.15, -0.1) is 0 Å². The zero-order valence-corrected chi connectivity index (χ0v) is 13.4. The number of esters is 1. The van der Waals surface area contributed by atoms with Gasteiger partial charge in [0.25, 0.3) is 5.91 Å². The predicted octanol–water partition coefficient (Wildman–Crippen LogP) is 3.19. The van der Waals surface area contributed by atoms with Gasteiger partial charge in [0.1, 0.15) is 0 Å². The number of likely N-dealkylation sites (tertiary alicyclic amines) is 1. The number of amides is 1. The van der Waals surface area contributed by atoms with Crippen LogP contribution in [0.1, 0.15) is 40.4 Å². The lowest BCUT2D eigenvalue weighted by molar-refractivity contribution is -0.142. The van der Waals surface area contributed by atoms with Crippen LogP contribution in [0.15, 0.2) is 41.1 Å². The molecule has 5 heteroatoms. The topological polar surface area (TPSA) is 46.6 Å². The van der Waals surface area contributed by atoms with Gasteiger partial charge >= 0.3 is 5.97 Å². The number of nitrogens with zero attached hydrogens (tertiary/aromatic N) is 1. The van der Waals surface area contributed by atoms with Crippen molar-refractivity contribution in [3.05, 3.63) is 57.8 Å². The van der Waals surface area contributed by atoms with Crippen LogP contribution in [0.5, 0.6) is 0 Å². The van der Waals surface area contributed by atoms with Gasteiger partial charge in [0.15, 0.2) is 6.10 Å². The average molecular weight is 327 g/mol. The lowest BCUT2D eigenvalue weighted by Gasteiger charge is -2.30. The van der Waals surface area contributed by atoms with Gasteiger partial charge in [0.2, 0.25) is 0 Å². The first-order chi connectivity index (χ1) is 11.2. The van der Waals surface area contributed by atoms with Crippen molar-refractivity contribution in [2.45, 2.75) is 31.4 Å². The summed E-state index contributed by atoms with van der Waals surface area (Å²) < 4.78 is 5.43. The van der Waals surface area contributed by atoms with Crippen LogP contribution in [0, 0.1) is 0 Å². The Kier molecular flexibility index (Phi) is 3.65. The van der Waals surface area contributed by atoms with Gasteiger partial charge < -0.3 is 9.64 Å². The monoisotopic (exact) mass is 327 g/mol. The molecule has 3 heterocycles. The molecular formula is C18H17NO3S. The highest BCUT2D eigenvalue weighted by Gasteiger charge is 2.38. The molecule has 1 amide bonds. The van der Waals surface area contributed by atoms with E-state index in [-0.39, 0.29) is 11.9 Å². The largest absolute Gasteiger partial charge is 0.448 e. The Balaban J connectivity index is 1.57. The summed E-state index contributed by atoms with van der Waals surface area (Å²) in [5.41, 5.74) is 2.66. The number of ether oxygens (including phenoxy) is 1. The Hall–Kier alpha value is -2.14. The van der Waals surface area contributed by atoms with E-state index in [1.807, 2.05) is 28.5 Å². The highest BCUT2D eigenvalue weighted by molar-refractivity contribution is 7.08. The number of thiophene rings is 1. The maximum absolute atomic E-state index is 12.9. The molecule has 2 aromatic rings. The first kappa shape index (κ1) is 14.5. The van der Waals surface area contributed by atoms with E-state index in [1.54, 1.807) is 17.4 Å². The van der Waals surface area contributed by atoms with Crippen molar-refractivity contribution in [1.29, 1.82) is 0 Å². The molecule has 1 saturated heterocycles. The molecule has 1 fully saturated rings. The number of carbonyl (C=O) groups is 2. The lowest BCUT2D eigenvalue weighted by atomic mass is 9.97. The highest BCUT2D eigenvalue weighted by Crippen LogP contribution is 2.34. The van der Waals surface area contributed by atoms with Crippen molar-refractivity contribution in [2.75, 3.05) is 6.54 Å². The first-order valence-corrected chi connectivity index (χ1v) is 8.80. The van der Waals surface area contributed by atoms with Crippen LogP contribution in [0.2, 0.25) is 0 Å². The van der Waals surface area contributed by atoms with Crippen molar-refractivity contribution in [1.82, 2.24) is 4.90 Å². The van der Waals surface area contributed by atoms with E-state index in [1.165, 1.54) is 5.56 Å². The third-order valence-corrected chi connectivity index (χ3v) is 5.33. The van der Waals surface area contributed by atoms with Gasteiger partial charge in [-0.3, -0.25) is 4.79 Å². The van der Waals surface area contributed by atoms with E-state index in [2.05, 4.69) is 11.4 Å². The fourth-order valence-electron chi connectivity index (χ4n) is 3.50. The van der Waals surface area contributed by atoms with Gasteiger partial charge in [0, 0.05) is 13.0 Å². The Morgan fingerprint density at radius 3 is 2.96 bits per heavy atom. The fourth-order valence-corrected chi connectivity index (χ4v) is 4.20. The van der Waals surface area contributed by atoms with Crippen molar-refractivity contribution in [2.24, 2.45) is 0 Å². The molecule has 1 aromatic heterocycles. The number of carbonyl (C=O) groups excluding carboxylic acids is 2. The summed E-state index contributed by atoms with van der Waals surface area (Å²) in [6, 6.07) is 9.55. The molecule has 2 atom stereocenters. The first-order valence-electron chi connectivity index (χ1n) is 7.85. The third kappa shape index (κ3) is 2.55. The van der Waals surface area contributed by atoms with Crippen LogP contribution in [-0.2, 0) is 16.0 Å². The van der Waals surface area contributed by atoms with Crippen LogP contribution in [0.3, 0.4) is 0 Å². The van der Waals surface area contributed by atoms with Crippen LogP contribution in [0.25, 0.3) is 0 Å². The second-order valence-electron chi connectivity index (χ2n) is 6.00. The van der Waals surface area contributed by atoms with Crippen LogP contribution in [0.4, 0.5) is 0 Å². The number of fused-ring (bicyclic) bond motifs is 1. The number of cyclic esters (lactones) is 1. The molecule has 0 saturated carbocycles. The van der Waals surface area contributed by atoms with E-state index in [0.717, 1.165) is 24.9 Å². The minimum absolute atomic E-state index is 0.0680. The molecule has 2 aliphatic rings.